The van der Waals surface area contributed by atoms with Crippen molar-refractivity contribution in [3.8, 4) is 11.8 Å². The highest BCUT2D eigenvalue weighted by Gasteiger charge is 2.37. The molecule has 0 saturated heterocycles. The summed E-state index contributed by atoms with van der Waals surface area (Å²) in [6.07, 6.45) is 5.55. The zero-order chi connectivity index (χ0) is 22.0. The summed E-state index contributed by atoms with van der Waals surface area (Å²) in [5.74, 6) is 0.981. The van der Waals surface area contributed by atoms with Crippen molar-refractivity contribution in [3.05, 3.63) is 52.7 Å². The molecule has 0 bridgehead atoms. The van der Waals surface area contributed by atoms with Crippen molar-refractivity contribution in [1.82, 2.24) is 4.98 Å². The van der Waals surface area contributed by atoms with E-state index in [-0.39, 0.29) is 12.5 Å². The summed E-state index contributed by atoms with van der Waals surface area (Å²) in [5.41, 5.74) is 3.80. The van der Waals surface area contributed by atoms with Gasteiger partial charge in [0, 0.05) is 17.5 Å². The number of benzene rings is 1. The number of rotatable bonds is 6. The predicted octanol–water partition coefficient (Wildman–Crippen LogP) is 4.07. The first-order valence-electron chi connectivity index (χ1n) is 10.6. The first-order valence-corrected chi connectivity index (χ1v) is 10.6. The van der Waals surface area contributed by atoms with Gasteiger partial charge < -0.3 is 9.84 Å². The van der Waals surface area contributed by atoms with Gasteiger partial charge in [0.05, 0.1) is 36.5 Å². The number of nitrogens with zero attached hydrogens (tertiary/aromatic N) is 4. The molecule has 1 saturated carbocycles. The molecule has 1 aliphatic carbocycles. The SMILES string of the molecule is COc1cc(C2=NN(c3ccc(C#N)c(C)n3)C(C3CCCC3)C2)ccc1CC(=O)O. The third kappa shape index (κ3) is 4.24. The fraction of sp³-hybridized carbons (Fsp3) is 0.417. The molecule has 2 heterocycles. The van der Waals surface area contributed by atoms with Crippen molar-refractivity contribution in [2.45, 2.75) is 51.5 Å². The molecule has 4 rings (SSSR count). The average Bonchev–Trinajstić information content (AvgIpc) is 3.43. The van der Waals surface area contributed by atoms with Crippen LogP contribution in [-0.4, -0.2) is 34.9 Å². The number of anilines is 1. The van der Waals surface area contributed by atoms with E-state index in [9.17, 15) is 10.1 Å². The Morgan fingerprint density at radius 3 is 2.71 bits per heavy atom. The Balaban J connectivity index is 1.70. The number of methoxy groups -OCH3 is 1. The topological polar surface area (TPSA) is 98.8 Å². The van der Waals surface area contributed by atoms with E-state index in [1.54, 1.807) is 13.2 Å². The van der Waals surface area contributed by atoms with Gasteiger partial charge in [0.25, 0.3) is 0 Å². The van der Waals surface area contributed by atoms with Crippen LogP contribution in [-0.2, 0) is 11.2 Å². The van der Waals surface area contributed by atoms with Crippen LogP contribution in [0.3, 0.4) is 0 Å². The van der Waals surface area contributed by atoms with Gasteiger partial charge in [-0.3, -0.25) is 4.79 Å². The second-order valence-corrected chi connectivity index (χ2v) is 8.22. The van der Waals surface area contributed by atoms with Crippen LogP contribution >= 0.6 is 0 Å². The van der Waals surface area contributed by atoms with Gasteiger partial charge >= 0.3 is 5.97 Å². The number of aryl methyl sites for hydroxylation is 1. The van der Waals surface area contributed by atoms with Gasteiger partial charge in [0.2, 0.25) is 0 Å². The number of carboxylic acids is 1. The molecule has 0 spiro atoms. The van der Waals surface area contributed by atoms with E-state index in [2.05, 4.69) is 11.1 Å². The highest BCUT2D eigenvalue weighted by Crippen LogP contribution is 2.38. The molecular formula is C24H26N4O3. The molecule has 1 unspecified atom stereocenters. The van der Waals surface area contributed by atoms with Gasteiger partial charge in [-0.05, 0) is 43.9 Å². The molecular weight excluding hydrogens is 392 g/mol. The van der Waals surface area contributed by atoms with E-state index in [4.69, 9.17) is 14.9 Å². The number of carboxylic acid groups (broad SMARTS) is 1. The predicted molar refractivity (Wildman–Crippen MR) is 117 cm³/mol. The Bertz CT molecular complexity index is 1070. The fourth-order valence-corrected chi connectivity index (χ4v) is 4.66. The van der Waals surface area contributed by atoms with Gasteiger partial charge in [-0.2, -0.15) is 10.4 Å². The molecule has 2 aliphatic rings. The largest absolute Gasteiger partial charge is 0.496 e. The Morgan fingerprint density at radius 1 is 1.29 bits per heavy atom. The zero-order valence-electron chi connectivity index (χ0n) is 17.8. The summed E-state index contributed by atoms with van der Waals surface area (Å²) in [6.45, 7) is 1.85. The van der Waals surface area contributed by atoms with Crippen LogP contribution in [0.5, 0.6) is 5.75 Å². The molecule has 2 aromatic rings. The standard InChI is InChI=1S/C24H26N4O3/c1-15-19(14-25)9-10-23(26-15)28-21(16-5-3-4-6-16)13-20(27-28)17-7-8-18(12-24(29)30)22(11-17)31-2/h7-11,16,21H,3-6,12-13H2,1-2H3,(H,29,30). The van der Waals surface area contributed by atoms with Crippen LogP contribution in [0.2, 0.25) is 0 Å². The highest BCUT2D eigenvalue weighted by atomic mass is 16.5. The maximum Gasteiger partial charge on any atom is 0.307 e. The van der Waals surface area contributed by atoms with Crippen molar-refractivity contribution in [2.24, 2.45) is 11.0 Å². The minimum absolute atomic E-state index is 0.0822. The first-order chi connectivity index (χ1) is 15.0. The number of hydrogen-bond acceptors (Lipinski definition) is 6. The molecule has 160 valence electrons. The lowest BCUT2D eigenvalue weighted by Crippen LogP contribution is -2.33. The van der Waals surface area contributed by atoms with Crippen molar-refractivity contribution < 1.29 is 14.6 Å². The Morgan fingerprint density at radius 2 is 2.06 bits per heavy atom. The lowest BCUT2D eigenvalue weighted by Gasteiger charge is -2.27. The zero-order valence-corrected chi connectivity index (χ0v) is 17.8. The van der Waals surface area contributed by atoms with Crippen molar-refractivity contribution >= 4 is 17.5 Å². The average molecular weight is 418 g/mol. The number of aliphatic carboxylic acids is 1. The lowest BCUT2D eigenvalue weighted by atomic mass is 9.92. The number of ether oxygens (including phenoxy) is 1. The molecule has 1 fully saturated rings. The Hall–Kier alpha value is -3.40. The second kappa shape index (κ2) is 8.76. The number of carbonyl (C=O) groups is 1. The monoisotopic (exact) mass is 418 g/mol. The summed E-state index contributed by atoms with van der Waals surface area (Å²) < 4.78 is 5.45. The number of nitriles is 1. The van der Waals surface area contributed by atoms with Crippen molar-refractivity contribution in [1.29, 1.82) is 5.26 Å². The van der Waals surface area contributed by atoms with E-state index in [0.29, 0.717) is 28.5 Å². The van der Waals surface area contributed by atoms with E-state index >= 15 is 0 Å². The number of pyridine rings is 1. The van der Waals surface area contributed by atoms with Crippen LogP contribution in [0, 0.1) is 24.2 Å². The van der Waals surface area contributed by atoms with Crippen molar-refractivity contribution in [3.63, 3.8) is 0 Å². The maximum absolute atomic E-state index is 11.1. The normalized spacial score (nSPS) is 18.7. The summed E-state index contributed by atoms with van der Waals surface area (Å²) in [4.78, 5) is 15.8. The molecule has 1 atom stereocenters. The number of hydrazone groups is 1. The molecule has 0 radical (unpaired) electrons. The molecule has 1 aliphatic heterocycles. The maximum atomic E-state index is 11.1. The molecule has 1 aromatic carbocycles. The molecule has 1 N–H and O–H groups in total. The molecule has 7 heteroatoms. The van der Waals surface area contributed by atoms with E-state index in [0.717, 1.165) is 23.5 Å². The molecule has 31 heavy (non-hydrogen) atoms. The summed E-state index contributed by atoms with van der Waals surface area (Å²) >= 11 is 0. The highest BCUT2D eigenvalue weighted by molar-refractivity contribution is 6.03. The number of aromatic nitrogens is 1. The second-order valence-electron chi connectivity index (χ2n) is 8.22. The van der Waals surface area contributed by atoms with Gasteiger partial charge in [0.15, 0.2) is 0 Å². The smallest absolute Gasteiger partial charge is 0.307 e. The number of hydrogen-bond donors (Lipinski definition) is 1. The van der Waals surface area contributed by atoms with Crippen LogP contribution in [0.25, 0.3) is 0 Å². The van der Waals surface area contributed by atoms with Crippen LogP contribution in [0.4, 0.5) is 5.82 Å². The Labute approximate surface area is 182 Å². The summed E-state index contributed by atoms with van der Waals surface area (Å²) in [6, 6.07) is 11.7. The van der Waals surface area contributed by atoms with Gasteiger partial charge in [-0.25, -0.2) is 9.99 Å². The molecule has 7 nitrogen and oxygen atoms in total. The van der Waals surface area contributed by atoms with Gasteiger partial charge in [0.1, 0.15) is 17.6 Å². The fourth-order valence-electron chi connectivity index (χ4n) is 4.66. The summed E-state index contributed by atoms with van der Waals surface area (Å²) in [7, 11) is 1.55. The lowest BCUT2D eigenvalue weighted by molar-refractivity contribution is -0.136. The minimum atomic E-state index is -0.890. The van der Waals surface area contributed by atoms with E-state index in [1.165, 1.54) is 25.7 Å². The van der Waals surface area contributed by atoms with E-state index in [1.807, 2.05) is 36.2 Å². The molecule has 1 aromatic heterocycles. The third-order valence-corrected chi connectivity index (χ3v) is 6.28. The van der Waals surface area contributed by atoms with Gasteiger partial charge in [-0.15, -0.1) is 0 Å². The quantitative estimate of drug-likeness (QED) is 0.759. The van der Waals surface area contributed by atoms with Crippen LogP contribution in [0.15, 0.2) is 35.4 Å². The van der Waals surface area contributed by atoms with Crippen LogP contribution < -0.4 is 9.75 Å². The summed E-state index contributed by atoms with van der Waals surface area (Å²) in [5, 5.41) is 25.3. The van der Waals surface area contributed by atoms with Gasteiger partial charge in [-0.1, -0.05) is 25.0 Å². The third-order valence-electron chi connectivity index (χ3n) is 6.28. The van der Waals surface area contributed by atoms with Crippen LogP contribution in [0.1, 0.15) is 54.5 Å². The molecule has 0 amide bonds. The van der Waals surface area contributed by atoms with E-state index < -0.39 is 5.97 Å². The first kappa shape index (κ1) is 20.9. The minimum Gasteiger partial charge on any atom is -0.496 e. The van der Waals surface area contributed by atoms with Crippen molar-refractivity contribution in [2.75, 3.05) is 12.1 Å². The Kier molecular flexibility index (Phi) is 5.90.